The molecule has 3 heterocycles. The Balaban J connectivity index is 1.38. The van der Waals surface area contributed by atoms with Gasteiger partial charge in [-0.3, -0.25) is 4.79 Å². The zero-order chi connectivity index (χ0) is 17.5. The first-order valence-electron chi connectivity index (χ1n) is 9.10. The Morgan fingerprint density at radius 2 is 1.80 bits per heavy atom. The highest BCUT2D eigenvalue weighted by molar-refractivity contribution is 5.74. The van der Waals surface area contributed by atoms with Gasteiger partial charge in [-0.2, -0.15) is 0 Å². The van der Waals surface area contributed by atoms with Crippen LogP contribution in [-0.2, 0) is 22.4 Å². The Morgan fingerprint density at radius 3 is 2.44 bits per heavy atom. The quantitative estimate of drug-likeness (QED) is 0.470. The van der Waals surface area contributed by atoms with Crippen LogP contribution in [0.4, 0.5) is 0 Å². The molecular formula is C21H26O4. The van der Waals surface area contributed by atoms with Crippen molar-refractivity contribution in [2.75, 3.05) is 0 Å². The summed E-state index contributed by atoms with van der Waals surface area (Å²) in [6, 6.07) is 3.98. The lowest BCUT2D eigenvalue weighted by molar-refractivity contribution is -0.143. The van der Waals surface area contributed by atoms with Gasteiger partial charge in [-0.15, -0.1) is 0 Å². The van der Waals surface area contributed by atoms with E-state index in [4.69, 9.17) is 13.6 Å². The summed E-state index contributed by atoms with van der Waals surface area (Å²) in [6.07, 6.45) is 15.8. The fourth-order valence-corrected chi connectivity index (χ4v) is 3.40. The van der Waals surface area contributed by atoms with E-state index in [2.05, 4.69) is 13.0 Å². The van der Waals surface area contributed by atoms with Crippen LogP contribution in [0, 0.1) is 5.92 Å². The minimum atomic E-state index is -0.0552. The van der Waals surface area contributed by atoms with E-state index >= 15 is 0 Å². The van der Waals surface area contributed by atoms with Crippen LogP contribution in [0.15, 0.2) is 57.7 Å². The summed E-state index contributed by atoms with van der Waals surface area (Å²) in [4.78, 5) is 12.0. The molecule has 0 saturated carbocycles. The number of hydrogen-bond donors (Lipinski definition) is 0. The monoisotopic (exact) mass is 342 g/mol. The molecule has 0 N–H and O–H groups in total. The molecule has 2 aromatic heterocycles. The van der Waals surface area contributed by atoms with Gasteiger partial charge < -0.3 is 13.6 Å². The molecule has 4 heteroatoms. The molecule has 2 aromatic rings. The molecule has 4 nitrogen and oxygen atoms in total. The summed E-state index contributed by atoms with van der Waals surface area (Å²) in [7, 11) is 0. The number of ether oxygens (including phenoxy) is 1. The molecule has 2 unspecified atom stereocenters. The molecule has 0 spiro atoms. The van der Waals surface area contributed by atoms with E-state index in [0.717, 1.165) is 44.9 Å². The predicted octanol–water partition coefficient (Wildman–Crippen LogP) is 5.10. The van der Waals surface area contributed by atoms with Crippen molar-refractivity contribution in [3.05, 3.63) is 60.0 Å². The van der Waals surface area contributed by atoms with Gasteiger partial charge in [0.15, 0.2) is 0 Å². The lowest BCUT2D eigenvalue weighted by atomic mass is 9.96. The summed E-state index contributed by atoms with van der Waals surface area (Å²) in [5.74, 6) is -0.00785. The predicted molar refractivity (Wildman–Crippen MR) is 95.0 cm³/mol. The second-order valence-electron chi connectivity index (χ2n) is 6.93. The van der Waals surface area contributed by atoms with Crippen molar-refractivity contribution in [3.8, 4) is 0 Å². The maximum absolute atomic E-state index is 12.0. The van der Waals surface area contributed by atoms with Gasteiger partial charge in [-0.25, -0.2) is 0 Å². The Kier molecular flexibility index (Phi) is 6.15. The summed E-state index contributed by atoms with van der Waals surface area (Å²) in [5, 5.41) is 0. The van der Waals surface area contributed by atoms with Crippen LogP contribution < -0.4 is 0 Å². The third-order valence-corrected chi connectivity index (χ3v) is 4.80. The van der Waals surface area contributed by atoms with Gasteiger partial charge in [-0.05, 0) is 74.8 Å². The summed E-state index contributed by atoms with van der Waals surface area (Å²) >= 11 is 0. The molecule has 0 aliphatic carbocycles. The van der Waals surface area contributed by atoms with Crippen molar-refractivity contribution in [3.63, 3.8) is 0 Å². The van der Waals surface area contributed by atoms with E-state index < -0.39 is 0 Å². The molecule has 134 valence electrons. The first kappa shape index (κ1) is 17.6. The van der Waals surface area contributed by atoms with Crippen LogP contribution in [0.25, 0.3) is 0 Å². The fourth-order valence-electron chi connectivity index (χ4n) is 3.40. The van der Waals surface area contributed by atoms with Crippen molar-refractivity contribution in [1.29, 1.82) is 0 Å². The largest absolute Gasteiger partial charge is 0.472 e. The van der Waals surface area contributed by atoms with Crippen LogP contribution >= 0.6 is 0 Å². The van der Waals surface area contributed by atoms with Gasteiger partial charge in [0.05, 0.1) is 31.0 Å². The van der Waals surface area contributed by atoms with Crippen molar-refractivity contribution >= 4 is 5.97 Å². The topological polar surface area (TPSA) is 52.6 Å². The lowest BCUT2D eigenvalue weighted by Crippen LogP contribution is -2.07. The van der Waals surface area contributed by atoms with Crippen LogP contribution in [0.2, 0.25) is 0 Å². The second kappa shape index (κ2) is 8.75. The Morgan fingerprint density at radius 1 is 1.12 bits per heavy atom. The molecule has 0 aromatic carbocycles. The van der Waals surface area contributed by atoms with Gasteiger partial charge in [-0.1, -0.05) is 5.57 Å². The molecular weight excluding hydrogens is 316 g/mol. The van der Waals surface area contributed by atoms with Crippen LogP contribution in [-0.4, -0.2) is 12.1 Å². The van der Waals surface area contributed by atoms with Crippen LogP contribution in [0.3, 0.4) is 0 Å². The third-order valence-electron chi connectivity index (χ3n) is 4.80. The first-order chi connectivity index (χ1) is 12.2. The minimum Gasteiger partial charge on any atom is -0.472 e. The standard InChI is InChI=1S/C21H26O4/c1-16(4-2-5-17-8-10-23-14-17)12-20-13-19(21(22)25-20)7-3-6-18-9-11-24-15-18/h8-12,14-15,19-20H,2-7,13H2,1H3. The molecule has 0 bridgehead atoms. The first-order valence-corrected chi connectivity index (χ1v) is 9.10. The SMILES string of the molecule is CC(=CC1CC(CCCc2ccoc2)C(=O)O1)CCCc1ccoc1. The van der Waals surface area contributed by atoms with Gasteiger partial charge in [0.25, 0.3) is 0 Å². The highest BCUT2D eigenvalue weighted by atomic mass is 16.5. The van der Waals surface area contributed by atoms with E-state index in [-0.39, 0.29) is 18.0 Å². The summed E-state index contributed by atoms with van der Waals surface area (Å²) < 4.78 is 15.7. The summed E-state index contributed by atoms with van der Waals surface area (Å²) in [6.45, 7) is 2.12. The van der Waals surface area contributed by atoms with Crippen LogP contribution in [0.1, 0.15) is 50.2 Å². The van der Waals surface area contributed by atoms with Crippen LogP contribution in [0.5, 0.6) is 0 Å². The highest BCUT2D eigenvalue weighted by Gasteiger charge is 2.32. The zero-order valence-electron chi connectivity index (χ0n) is 14.8. The number of aryl methyl sites for hydroxylation is 2. The van der Waals surface area contributed by atoms with Gasteiger partial charge in [0.2, 0.25) is 0 Å². The maximum atomic E-state index is 12.0. The smallest absolute Gasteiger partial charge is 0.309 e. The third kappa shape index (κ3) is 5.38. The Labute approximate surface area is 148 Å². The van der Waals surface area contributed by atoms with Crippen molar-refractivity contribution in [1.82, 2.24) is 0 Å². The number of cyclic esters (lactones) is 1. The number of rotatable bonds is 9. The molecule has 1 aliphatic heterocycles. The Hall–Kier alpha value is -2.23. The number of esters is 1. The number of carbonyl (C=O) groups is 1. The van der Waals surface area contributed by atoms with Crippen molar-refractivity contribution in [2.24, 2.45) is 5.92 Å². The Bertz CT molecular complexity index is 667. The second-order valence-corrected chi connectivity index (χ2v) is 6.93. The fraction of sp³-hybridized carbons (Fsp3) is 0.476. The van der Waals surface area contributed by atoms with E-state index in [1.807, 2.05) is 12.1 Å². The molecule has 3 rings (SSSR count). The van der Waals surface area contributed by atoms with E-state index in [1.54, 1.807) is 25.1 Å². The zero-order valence-corrected chi connectivity index (χ0v) is 14.8. The minimum absolute atomic E-state index is 0.0341. The molecule has 0 amide bonds. The van der Waals surface area contributed by atoms with E-state index in [1.165, 1.54) is 16.7 Å². The van der Waals surface area contributed by atoms with Gasteiger partial charge in [0, 0.05) is 6.42 Å². The molecule has 1 saturated heterocycles. The van der Waals surface area contributed by atoms with Gasteiger partial charge >= 0.3 is 5.97 Å². The molecule has 1 fully saturated rings. The van der Waals surface area contributed by atoms with Crippen molar-refractivity contribution < 1.29 is 18.4 Å². The molecule has 2 atom stereocenters. The number of allylic oxidation sites excluding steroid dienone is 1. The number of hydrogen-bond acceptors (Lipinski definition) is 4. The molecule has 0 radical (unpaired) electrons. The molecule has 1 aliphatic rings. The highest BCUT2D eigenvalue weighted by Crippen LogP contribution is 2.28. The number of furan rings is 2. The molecule has 25 heavy (non-hydrogen) atoms. The van der Waals surface area contributed by atoms with Crippen molar-refractivity contribution in [2.45, 2.75) is 58.0 Å². The average molecular weight is 342 g/mol. The maximum Gasteiger partial charge on any atom is 0.309 e. The lowest BCUT2D eigenvalue weighted by Gasteiger charge is -2.06. The average Bonchev–Trinajstić information content (AvgIpc) is 3.31. The van der Waals surface area contributed by atoms with E-state index in [9.17, 15) is 4.79 Å². The number of carbonyl (C=O) groups excluding carboxylic acids is 1. The summed E-state index contributed by atoms with van der Waals surface area (Å²) in [5.41, 5.74) is 3.72. The normalized spacial score (nSPS) is 20.8. The van der Waals surface area contributed by atoms with Gasteiger partial charge in [0.1, 0.15) is 6.10 Å². The van der Waals surface area contributed by atoms with E-state index in [0.29, 0.717) is 0 Å².